The fourth-order valence-corrected chi connectivity index (χ4v) is 3.42. The lowest BCUT2D eigenvalue weighted by atomic mass is 9.82. The number of carbonyl (C=O) groups excluding carboxylic acids is 1. The zero-order chi connectivity index (χ0) is 14.7. The molecule has 1 aromatic rings. The van der Waals surface area contributed by atoms with E-state index in [0.29, 0.717) is 0 Å². The molecular formula is C17H27Cl2N3O. The minimum atomic E-state index is -0.679. The van der Waals surface area contributed by atoms with Crippen LogP contribution < -0.4 is 16.0 Å². The van der Waals surface area contributed by atoms with Gasteiger partial charge in [-0.2, -0.15) is 0 Å². The molecule has 1 aromatic carbocycles. The average Bonchev–Trinajstić information content (AvgIpc) is 3.02. The van der Waals surface area contributed by atoms with Crippen LogP contribution in [0, 0.1) is 0 Å². The molecule has 1 saturated heterocycles. The smallest absolute Gasteiger partial charge is 0.244 e. The van der Waals surface area contributed by atoms with E-state index in [2.05, 4.69) is 22.3 Å². The number of halogens is 2. The zero-order valence-corrected chi connectivity index (χ0v) is 15.1. The highest BCUT2D eigenvalue weighted by Crippen LogP contribution is 2.28. The van der Waals surface area contributed by atoms with Crippen LogP contribution in [0.4, 0.5) is 11.4 Å². The van der Waals surface area contributed by atoms with Crippen molar-refractivity contribution in [2.24, 2.45) is 5.73 Å². The fourth-order valence-electron chi connectivity index (χ4n) is 3.42. The van der Waals surface area contributed by atoms with Crippen molar-refractivity contribution in [3.05, 3.63) is 24.3 Å². The van der Waals surface area contributed by atoms with E-state index in [1.165, 1.54) is 24.9 Å². The van der Waals surface area contributed by atoms with E-state index in [4.69, 9.17) is 5.73 Å². The van der Waals surface area contributed by atoms with Crippen LogP contribution >= 0.6 is 24.8 Å². The molecule has 23 heavy (non-hydrogen) atoms. The molecule has 0 spiro atoms. The maximum atomic E-state index is 12.5. The van der Waals surface area contributed by atoms with Crippen molar-refractivity contribution < 1.29 is 4.79 Å². The molecule has 0 bridgehead atoms. The Morgan fingerprint density at radius 2 is 1.70 bits per heavy atom. The second-order valence-electron chi connectivity index (χ2n) is 6.42. The van der Waals surface area contributed by atoms with Gasteiger partial charge in [0.05, 0.1) is 5.54 Å². The summed E-state index contributed by atoms with van der Waals surface area (Å²) in [5, 5.41) is 3.03. The standard InChI is InChI=1S/C17H25N3O.2ClH/c18-17(9-2-1-3-10-17)16(21)19-14-7-6-8-15(13-14)20-11-4-5-12-20;;/h6-8,13H,1-5,9-12,18H2,(H,19,21);2*1H. The van der Waals surface area contributed by atoms with Crippen molar-refractivity contribution >= 4 is 42.1 Å². The minimum absolute atomic E-state index is 0. The Kier molecular flexibility index (Phi) is 7.65. The maximum absolute atomic E-state index is 12.5. The summed E-state index contributed by atoms with van der Waals surface area (Å²) in [7, 11) is 0. The third-order valence-corrected chi connectivity index (χ3v) is 4.77. The number of nitrogens with two attached hydrogens (primary N) is 1. The first kappa shape index (κ1) is 20.1. The molecule has 1 heterocycles. The maximum Gasteiger partial charge on any atom is 0.244 e. The van der Waals surface area contributed by atoms with Crippen molar-refractivity contribution in [3.63, 3.8) is 0 Å². The quantitative estimate of drug-likeness (QED) is 0.864. The molecule has 3 rings (SSSR count). The molecule has 130 valence electrons. The number of hydrogen-bond donors (Lipinski definition) is 2. The molecule has 2 fully saturated rings. The molecule has 0 atom stereocenters. The van der Waals surface area contributed by atoms with Crippen LogP contribution in [0.5, 0.6) is 0 Å². The van der Waals surface area contributed by atoms with Crippen LogP contribution in [0.2, 0.25) is 0 Å². The van der Waals surface area contributed by atoms with Gasteiger partial charge in [-0.25, -0.2) is 0 Å². The van der Waals surface area contributed by atoms with E-state index in [0.717, 1.165) is 44.5 Å². The van der Waals surface area contributed by atoms with Gasteiger partial charge >= 0.3 is 0 Å². The van der Waals surface area contributed by atoms with Gasteiger partial charge in [0.15, 0.2) is 0 Å². The van der Waals surface area contributed by atoms with Crippen LogP contribution in [-0.4, -0.2) is 24.5 Å². The molecular weight excluding hydrogens is 333 g/mol. The highest BCUT2D eigenvalue weighted by molar-refractivity contribution is 5.98. The first-order valence-corrected chi connectivity index (χ1v) is 8.13. The van der Waals surface area contributed by atoms with Crippen LogP contribution in [0.25, 0.3) is 0 Å². The third kappa shape index (κ3) is 4.75. The lowest BCUT2D eigenvalue weighted by molar-refractivity contribution is -0.122. The summed E-state index contributed by atoms with van der Waals surface area (Å²) in [6, 6.07) is 8.13. The number of benzene rings is 1. The Morgan fingerprint density at radius 1 is 1.04 bits per heavy atom. The van der Waals surface area contributed by atoms with Crippen molar-refractivity contribution in [1.82, 2.24) is 0 Å². The van der Waals surface area contributed by atoms with E-state index >= 15 is 0 Å². The molecule has 6 heteroatoms. The van der Waals surface area contributed by atoms with Crippen molar-refractivity contribution in [3.8, 4) is 0 Å². The van der Waals surface area contributed by atoms with Gasteiger partial charge in [-0.05, 0) is 43.9 Å². The van der Waals surface area contributed by atoms with Crippen LogP contribution in [-0.2, 0) is 4.79 Å². The first-order valence-electron chi connectivity index (χ1n) is 8.13. The van der Waals surface area contributed by atoms with Gasteiger partial charge < -0.3 is 16.0 Å². The summed E-state index contributed by atoms with van der Waals surface area (Å²) in [6.07, 6.45) is 7.40. The lowest BCUT2D eigenvalue weighted by Crippen LogP contribution is -2.52. The van der Waals surface area contributed by atoms with Crippen LogP contribution in [0.1, 0.15) is 44.9 Å². The second-order valence-corrected chi connectivity index (χ2v) is 6.42. The number of rotatable bonds is 3. The molecule has 1 aliphatic heterocycles. The van der Waals surface area contributed by atoms with Gasteiger partial charge in [-0.3, -0.25) is 4.79 Å². The number of nitrogens with one attached hydrogen (secondary N) is 1. The Balaban J connectivity index is 0.00000132. The normalized spacial score (nSPS) is 19.4. The lowest BCUT2D eigenvalue weighted by Gasteiger charge is -2.32. The summed E-state index contributed by atoms with van der Waals surface area (Å²) in [4.78, 5) is 14.8. The molecule has 0 radical (unpaired) electrons. The topological polar surface area (TPSA) is 58.4 Å². The number of anilines is 2. The number of carbonyl (C=O) groups is 1. The predicted octanol–water partition coefficient (Wildman–Crippen LogP) is 3.73. The predicted molar refractivity (Wildman–Crippen MR) is 101 cm³/mol. The van der Waals surface area contributed by atoms with Crippen molar-refractivity contribution in [2.45, 2.75) is 50.5 Å². The van der Waals surface area contributed by atoms with E-state index in [-0.39, 0.29) is 30.7 Å². The van der Waals surface area contributed by atoms with Crippen molar-refractivity contribution in [1.29, 1.82) is 0 Å². The minimum Gasteiger partial charge on any atom is -0.371 e. The Hall–Kier alpha value is -0.970. The molecule has 1 aliphatic carbocycles. The monoisotopic (exact) mass is 359 g/mol. The van der Waals surface area contributed by atoms with E-state index in [1.807, 2.05) is 12.1 Å². The van der Waals surface area contributed by atoms with Gasteiger partial charge in [0.1, 0.15) is 0 Å². The molecule has 3 N–H and O–H groups in total. The van der Waals surface area contributed by atoms with Gasteiger partial charge in [0, 0.05) is 24.5 Å². The summed E-state index contributed by atoms with van der Waals surface area (Å²) < 4.78 is 0. The molecule has 1 saturated carbocycles. The number of amides is 1. The molecule has 0 aromatic heterocycles. The average molecular weight is 360 g/mol. The summed E-state index contributed by atoms with van der Waals surface area (Å²) in [5.74, 6) is -0.0271. The number of nitrogens with zero attached hydrogens (tertiary/aromatic N) is 1. The van der Waals surface area contributed by atoms with Crippen LogP contribution in [0.3, 0.4) is 0 Å². The van der Waals surface area contributed by atoms with E-state index in [1.54, 1.807) is 0 Å². The molecule has 2 aliphatic rings. The Morgan fingerprint density at radius 3 is 2.35 bits per heavy atom. The summed E-state index contributed by atoms with van der Waals surface area (Å²) in [5.41, 5.74) is 7.66. The zero-order valence-electron chi connectivity index (χ0n) is 13.4. The largest absolute Gasteiger partial charge is 0.371 e. The van der Waals surface area contributed by atoms with Crippen molar-refractivity contribution in [2.75, 3.05) is 23.3 Å². The number of hydrogen-bond acceptors (Lipinski definition) is 3. The third-order valence-electron chi connectivity index (χ3n) is 4.77. The first-order chi connectivity index (χ1) is 10.2. The summed E-state index contributed by atoms with van der Waals surface area (Å²) in [6.45, 7) is 2.22. The van der Waals surface area contributed by atoms with Gasteiger partial charge in [0.25, 0.3) is 0 Å². The highest BCUT2D eigenvalue weighted by atomic mass is 35.5. The van der Waals surface area contributed by atoms with Crippen LogP contribution in [0.15, 0.2) is 24.3 Å². The summed E-state index contributed by atoms with van der Waals surface area (Å²) >= 11 is 0. The second kappa shape index (κ2) is 8.76. The fraction of sp³-hybridized carbons (Fsp3) is 0.588. The Labute approximate surface area is 151 Å². The Bertz CT molecular complexity index is 512. The van der Waals surface area contributed by atoms with Gasteiger partial charge in [-0.1, -0.05) is 25.3 Å². The van der Waals surface area contributed by atoms with Gasteiger partial charge in [0.2, 0.25) is 5.91 Å². The van der Waals surface area contributed by atoms with E-state index < -0.39 is 5.54 Å². The molecule has 1 amide bonds. The SMILES string of the molecule is Cl.Cl.NC1(C(=O)Nc2cccc(N3CCCC3)c2)CCCCC1. The molecule has 0 unspecified atom stereocenters. The molecule has 4 nitrogen and oxygen atoms in total. The van der Waals surface area contributed by atoms with E-state index in [9.17, 15) is 4.79 Å². The highest BCUT2D eigenvalue weighted by Gasteiger charge is 2.35. The van der Waals surface area contributed by atoms with Gasteiger partial charge in [-0.15, -0.1) is 24.8 Å².